The van der Waals surface area contributed by atoms with Crippen molar-refractivity contribution in [1.29, 1.82) is 0 Å². The Balaban J connectivity index is 1.83. The summed E-state index contributed by atoms with van der Waals surface area (Å²) in [7, 11) is -2.66. The normalized spacial score (nSPS) is 11.8. The van der Waals surface area contributed by atoms with Crippen molar-refractivity contribution >= 4 is 39.1 Å². The lowest BCUT2D eigenvalue weighted by Gasteiger charge is -2.34. The molecule has 45 heavy (non-hydrogen) atoms. The quantitative estimate of drug-likeness (QED) is 0.194. The third kappa shape index (κ3) is 8.44. The Labute approximate surface area is 270 Å². The van der Waals surface area contributed by atoms with Crippen LogP contribution in [-0.2, 0) is 32.6 Å². The van der Waals surface area contributed by atoms with E-state index < -0.39 is 28.5 Å². The molecule has 0 fully saturated rings. The van der Waals surface area contributed by atoms with Crippen molar-refractivity contribution in [3.8, 4) is 5.75 Å². The second-order valence-electron chi connectivity index (χ2n) is 10.7. The van der Waals surface area contributed by atoms with Gasteiger partial charge in [0.05, 0.1) is 17.7 Å². The molecular weight excluding hydrogens is 610 g/mol. The van der Waals surface area contributed by atoms with Crippen molar-refractivity contribution in [3.05, 3.63) is 124 Å². The van der Waals surface area contributed by atoms with Crippen molar-refractivity contribution in [3.63, 3.8) is 0 Å². The fourth-order valence-electron chi connectivity index (χ4n) is 5.06. The molecule has 0 aliphatic heterocycles. The molecule has 0 saturated heterocycles. The van der Waals surface area contributed by atoms with E-state index in [1.807, 2.05) is 50.2 Å². The van der Waals surface area contributed by atoms with Crippen LogP contribution >= 0.6 is 11.6 Å². The fourth-order valence-corrected chi connectivity index (χ4v) is 6.77. The number of ether oxygens (including phenoxy) is 1. The predicted molar refractivity (Wildman–Crippen MR) is 178 cm³/mol. The Morgan fingerprint density at radius 2 is 1.58 bits per heavy atom. The van der Waals surface area contributed by atoms with Crippen molar-refractivity contribution in [1.82, 2.24) is 10.2 Å². The number of likely N-dealkylation sites (N-methyl/N-ethyl adjacent to an activating group) is 1. The van der Waals surface area contributed by atoms with E-state index >= 15 is 0 Å². The topological polar surface area (TPSA) is 96.0 Å². The molecule has 8 nitrogen and oxygen atoms in total. The van der Waals surface area contributed by atoms with Crippen molar-refractivity contribution in [2.45, 2.75) is 44.7 Å². The smallest absolute Gasteiger partial charge is 0.264 e. The highest BCUT2D eigenvalue weighted by Gasteiger charge is 2.35. The number of benzene rings is 4. The maximum atomic E-state index is 14.5. The van der Waals surface area contributed by atoms with Crippen LogP contribution in [0.5, 0.6) is 5.75 Å². The van der Waals surface area contributed by atoms with Crippen LogP contribution in [0.2, 0.25) is 5.02 Å². The molecule has 0 aromatic heterocycles. The van der Waals surface area contributed by atoms with Gasteiger partial charge in [0, 0.05) is 24.5 Å². The van der Waals surface area contributed by atoms with Crippen molar-refractivity contribution in [2.24, 2.45) is 0 Å². The second kappa shape index (κ2) is 15.1. The SMILES string of the molecule is CCNC(=O)C(Cc1ccccc1)N(Cc1cccc(OC)c1)C(=O)CN(c1ccc(Cl)cc1C)S(=O)(=O)c1ccc(C)cc1. The summed E-state index contributed by atoms with van der Waals surface area (Å²) in [6.45, 7) is 5.28. The molecule has 0 spiro atoms. The van der Waals surface area contributed by atoms with E-state index in [0.29, 0.717) is 28.6 Å². The number of hydrogen-bond acceptors (Lipinski definition) is 5. The molecule has 0 radical (unpaired) electrons. The summed E-state index contributed by atoms with van der Waals surface area (Å²) in [6.07, 6.45) is 0.229. The Bertz CT molecular complexity index is 1730. The minimum atomic E-state index is -4.21. The number of carbonyl (C=O) groups is 2. The Kier molecular flexibility index (Phi) is 11.3. The van der Waals surface area contributed by atoms with Gasteiger partial charge < -0.3 is 15.0 Å². The third-order valence-electron chi connectivity index (χ3n) is 7.42. The molecular formula is C35H38ClN3O5S. The molecule has 4 aromatic rings. The molecule has 0 saturated carbocycles. The van der Waals surface area contributed by atoms with Gasteiger partial charge in [0.1, 0.15) is 18.3 Å². The summed E-state index contributed by atoms with van der Waals surface area (Å²) >= 11 is 6.23. The van der Waals surface area contributed by atoms with E-state index in [2.05, 4.69) is 5.32 Å². The molecule has 4 rings (SSSR count). The maximum absolute atomic E-state index is 14.5. The highest BCUT2D eigenvalue weighted by atomic mass is 35.5. The first-order chi connectivity index (χ1) is 21.5. The van der Waals surface area contributed by atoms with E-state index in [0.717, 1.165) is 21.0 Å². The number of halogens is 1. The number of methoxy groups -OCH3 is 1. The zero-order chi connectivity index (χ0) is 32.6. The minimum absolute atomic E-state index is 0.0409. The summed E-state index contributed by atoms with van der Waals surface area (Å²) in [5, 5.41) is 3.31. The largest absolute Gasteiger partial charge is 0.497 e. The van der Waals surface area contributed by atoms with E-state index in [9.17, 15) is 18.0 Å². The van der Waals surface area contributed by atoms with E-state index in [1.54, 1.807) is 62.6 Å². The minimum Gasteiger partial charge on any atom is -0.497 e. The number of hydrogen-bond donors (Lipinski definition) is 1. The Morgan fingerprint density at radius 3 is 2.22 bits per heavy atom. The van der Waals surface area contributed by atoms with Gasteiger partial charge >= 0.3 is 0 Å². The number of nitrogens with one attached hydrogen (secondary N) is 1. The predicted octanol–water partition coefficient (Wildman–Crippen LogP) is 5.94. The van der Waals surface area contributed by atoms with Crippen LogP contribution in [0.25, 0.3) is 0 Å². The van der Waals surface area contributed by atoms with E-state index in [1.165, 1.54) is 17.0 Å². The number of nitrogens with zero attached hydrogens (tertiary/aromatic N) is 2. The zero-order valence-corrected chi connectivity index (χ0v) is 27.4. The van der Waals surface area contributed by atoms with Gasteiger partial charge in [-0.05, 0) is 79.9 Å². The van der Waals surface area contributed by atoms with Crippen LogP contribution < -0.4 is 14.4 Å². The zero-order valence-electron chi connectivity index (χ0n) is 25.9. The molecule has 1 N–H and O–H groups in total. The lowest BCUT2D eigenvalue weighted by molar-refractivity contribution is -0.140. The summed E-state index contributed by atoms with van der Waals surface area (Å²) in [6, 6.07) is 27.0. The summed E-state index contributed by atoms with van der Waals surface area (Å²) in [5.74, 6) is -0.291. The summed E-state index contributed by atoms with van der Waals surface area (Å²) in [5.41, 5.74) is 3.37. The lowest BCUT2D eigenvalue weighted by Crippen LogP contribution is -2.53. The maximum Gasteiger partial charge on any atom is 0.264 e. The van der Waals surface area contributed by atoms with Gasteiger partial charge in [0.2, 0.25) is 11.8 Å². The molecule has 1 unspecified atom stereocenters. The van der Waals surface area contributed by atoms with Gasteiger partial charge in [0.25, 0.3) is 10.0 Å². The number of amides is 2. The standard InChI is InChI=1S/C35H38ClN3O5S/c1-5-37-35(41)33(22-27-10-7-6-8-11-27)38(23-28-12-9-13-30(21-28)44-4)34(40)24-39(32-19-16-29(36)20-26(32)3)45(42,43)31-17-14-25(2)15-18-31/h6-21,33H,5,22-24H2,1-4H3,(H,37,41). The van der Waals surface area contributed by atoms with Crippen LogP contribution in [0.3, 0.4) is 0 Å². The van der Waals surface area contributed by atoms with Gasteiger partial charge in [-0.1, -0.05) is 71.8 Å². The van der Waals surface area contributed by atoms with Crippen LogP contribution in [0.15, 0.2) is 102 Å². The molecule has 4 aromatic carbocycles. The molecule has 1 atom stereocenters. The number of sulfonamides is 1. The van der Waals surface area contributed by atoms with Crippen LogP contribution in [-0.4, -0.2) is 51.4 Å². The molecule has 236 valence electrons. The van der Waals surface area contributed by atoms with Crippen LogP contribution in [0, 0.1) is 13.8 Å². The number of aryl methyl sites for hydroxylation is 2. The first-order valence-corrected chi connectivity index (χ1v) is 16.4. The molecule has 0 aliphatic rings. The molecule has 10 heteroatoms. The van der Waals surface area contributed by atoms with Crippen molar-refractivity contribution < 1.29 is 22.7 Å². The Morgan fingerprint density at radius 1 is 0.889 bits per heavy atom. The highest BCUT2D eigenvalue weighted by Crippen LogP contribution is 2.30. The van der Waals surface area contributed by atoms with Gasteiger partial charge in [-0.3, -0.25) is 13.9 Å². The molecule has 0 bridgehead atoms. The average molecular weight is 648 g/mol. The van der Waals surface area contributed by atoms with Gasteiger partial charge in [-0.25, -0.2) is 8.42 Å². The molecule has 2 amide bonds. The number of carbonyl (C=O) groups excluding carboxylic acids is 2. The monoisotopic (exact) mass is 647 g/mol. The Hall–Kier alpha value is -4.34. The average Bonchev–Trinajstić information content (AvgIpc) is 3.02. The van der Waals surface area contributed by atoms with E-state index in [-0.39, 0.29) is 23.8 Å². The van der Waals surface area contributed by atoms with Gasteiger partial charge in [0.15, 0.2) is 0 Å². The highest BCUT2D eigenvalue weighted by molar-refractivity contribution is 7.92. The first-order valence-electron chi connectivity index (χ1n) is 14.6. The molecule has 0 heterocycles. The number of rotatable bonds is 13. The summed E-state index contributed by atoms with van der Waals surface area (Å²) in [4.78, 5) is 29.6. The number of anilines is 1. The first kappa shape index (κ1) is 33.6. The lowest BCUT2D eigenvalue weighted by atomic mass is 10.0. The third-order valence-corrected chi connectivity index (χ3v) is 9.43. The second-order valence-corrected chi connectivity index (χ2v) is 13.0. The molecule has 0 aliphatic carbocycles. The fraction of sp³-hybridized carbons (Fsp3) is 0.257. The van der Waals surface area contributed by atoms with E-state index in [4.69, 9.17) is 16.3 Å². The van der Waals surface area contributed by atoms with Crippen molar-refractivity contribution in [2.75, 3.05) is 24.5 Å². The summed E-state index contributed by atoms with van der Waals surface area (Å²) < 4.78 is 34.9. The van der Waals surface area contributed by atoms with Crippen LogP contribution in [0.1, 0.15) is 29.2 Å². The van der Waals surface area contributed by atoms with Gasteiger partial charge in [-0.15, -0.1) is 0 Å². The van der Waals surface area contributed by atoms with Gasteiger partial charge in [-0.2, -0.15) is 0 Å². The van der Waals surface area contributed by atoms with Crippen LogP contribution in [0.4, 0.5) is 5.69 Å².